The Morgan fingerprint density at radius 2 is 1.44 bits per heavy atom. The van der Waals surface area contributed by atoms with E-state index in [1.807, 2.05) is 78.9 Å². The molecule has 66 heavy (non-hydrogen) atoms. The van der Waals surface area contributed by atoms with Gasteiger partial charge in [0.15, 0.2) is 0 Å². The van der Waals surface area contributed by atoms with Gasteiger partial charge in [0.1, 0.15) is 29.3 Å². The number of fused-ring (bicyclic) bond motifs is 5. The van der Waals surface area contributed by atoms with Crippen LogP contribution in [0, 0.1) is 46.3 Å². The van der Waals surface area contributed by atoms with Crippen molar-refractivity contribution >= 4 is 18.0 Å². The lowest BCUT2D eigenvalue weighted by molar-refractivity contribution is -0.156. The third kappa shape index (κ3) is 10.6. The summed E-state index contributed by atoms with van der Waals surface area (Å²) in [5.74, 6) is 4.08. The van der Waals surface area contributed by atoms with Crippen LogP contribution < -0.4 is 14.8 Å². The van der Waals surface area contributed by atoms with Crippen molar-refractivity contribution in [3.63, 3.8) is 0 Å². The Balaban J connectivity index is 1.04. The molecule has 358 valence electrons. The third-order valence-electron chi connectivity index (χ3n) is 16.5. The standard InChI is InChI=1S/C56H75NO9/c1-37(2)12-11-13-38(3)48-26-27-49-47-25-20-42-34-45(30-32-54(42,4)50(47)31-33-55(48,49)5)66-53(61)57-35-46(65-52(60)29-28-51(58)59)36-64-56(39-14-9-8-10-15-39,40-16-21-43(62-6)22-17-40)41-18-23-44(63-7)24-19-41/h8-10,14-24,37-38,45-50H,11-13,25-36H2,1-7H3,(H,57,61)(H,58,59)/t38-,45?,46?,47?,48-,49?,50?,54+,55-/m1/s1. The number of nitrogens with one attached hydrogen (secondary N) is 1. The first-order valence-corrected chi connectivity index (χ1v) is 24.7. The number of esters is 1. The number of rotatable bonds is 20. The highest BCUT2D eigenvalue weighted by molar-refractivity contribution is 5.76. The number of alkyl carbamates (subject to hydrolysis) is 1. The van der Waals surface area contributed by atoms with Crippen LogP contribution in [0.4, 0.5) is 4.79 Å². The Bertz CT molecular complexity index is 2070. The summed E-state index contributed by atoms with van der Waals surface area (Å²) in [7, 11) is 3.22. The lowest BCUT2D eigenvalue weighted by Crippen LogP contribution is -2.51. The molecule has 3 saturated carbocycles. The summed E-state index contributed by atoms with van der Waals surface area (Å²) in [6.45, 7) is 12.1. The van der Waals surface area contributed by atoms with E-state index in [1.54, 1.807) is 14.2 Å². The number of allylic oxidation sites excluding steroid dienone is 1. The van der Waals surface area contributed by atoms with E-state index in [0.717, 1.165) is 72.0 Å². The molecule has 0 aromatic heterocycles. The minimum absolute atomic E-state index is 0.109. The van der Waals surface area contributed by atoms with Gasteiger partial charge in [0.25, 0.3) is 0 Å². The predicted octanol–water partition coefficient (Wildman–Crippen LogP) is 11.9. The number of aliphatic carboxylic acids is 1. The fourth-order valence-corrected chi connectivity index (χ4v) is 13.0. The Morgan fingerprint density at radius 1 is 0.788 bits per heavy atom. The topological polar surface area (TPSA) is 130 Å². The average Bonchev–Trinajstić information content (AvgIpc) is 3.68. The van der Waals surface area contributed by atoms with Gasteiger partial charge in [0, 0.05) is 6.42 Å². The number of benzene rings is 3. The minimum atomic E-state index is -1.21. The number of amides is 1. The molecule has 1 amide bonds. The maximum absolute atomic E-state index is 13.7. The van der Waals surface area contributed by atoms with E-state index >= 15 is 0 Å². The van der Waals surface area contributed by atoms with Crippen molar-refractivity contribution < 1.29 is 43.2 Å². The molecule has 4 aliphatic carbocycles. The van der Waals surface area contributed by atoms with Gasteiger partial charge >= 0.3 is 18.0 Å². The van der Waals surface area contributed by atoms with Crippen LogP contribution in [0.15, 0.2) is 90.5 Å². The van der Waals surface area contributed by atoms with Gasteiger partial charge in [-0.1, -0.05) is 120 Å². The van der Waals surface area contributed by atoms with Crippen LogP contribution in [-0.2, 0) is 29.4 Å². The molecule has 7 rings (SSSR count). The van der Waals surface area contributed by atoms with E-state index in [-0.39, 0.29) is 37.5 Å². The smallest absolute Gasteiger partial charge is 0.407 e. The summed E-state index contributed by atoms with van der Waals surface area (Å²) in [5.41, 5.74) is 3.16. The monoisotopic (exact) mass is 906 g/mol. The molecule has 5 unspecified atom stereocenters. The molecular formula is C56H75NO9. The third-order valence-corrected chi connectivity index (χ3v) is 16.5. The highest BCUT2D eigenvalue weighted by Crippen LogP contribution is 2.67. The van der Waals surface area contributed by atoms with Crippen LogP contribution in [0.3, 0.4) is 0 Å². The van der Waals surface area contributed by atoms with Crippen LogP contribution in [-0.4, -0.2) is 62.7 Å². The van der Waals surface area contributed by atoms with E-state index in [9.17, 15) is 19.5 Å². The molecule has 0 heterocycles. The zero-order chi connectivity index (χ0) is 47.1. The van der Waals surface area contributed by atoms with Gasteiger partial charge in [0.05, 0.1) is 40.2 Å². The number of ether oxygens (including phenoxy) is 5. The highest BCUT2D eigenvalue weighted by Gasteiger charge is 2.59. The Kier molecular flexibility index (Phi) is 15.9. The number of carboxylic acid groups (broad SMARTS) is 1. The van der Waals surface area contributed by atoms with Gasteiger partial charge in [-0.2, -0.15) is 0 Å². The Morgan fingerprint density at radius 3 is 2.06 bits per heavy atom. The molecule has 4 aliphatic rings. The number of carbonyl (C=O) groups excluding carboxylic acids is 2. The normalized spacial score (nSPS) is 26.7. The molecule has 3 aromatic carbocycles. The van der Waals surface area contributed by atoms with Crippen molar-refractivity contribution in [1.82, 2.24) is 5.32 Å². The van der Waals surface area contributed by atoms with Crippen molar-refractivity contribution in [1.29, 1.82) is 0 Å². The zero-order valence-corrected chi connectivity index (χ0v) is 40.5. The first-order valence-electron chi connectivity index (χ1n) is 24.7. The average molecular weight is 906 g/mol. The van der Waals surface area contributed by atoms with Gasteiger partial charge in [-0.05, 0) is 132 Å². The van der Waals surface area contributed by atoms with E-state index in [4.69, 9.17) is 23.7 Å². The molecule has 3 aromatic rings. The van der Waals surface area contributed by atoms with Gasteiger partial charge in [-0.15, -0.1) is 0 Å². The largest absolute Gasteiger partial charge is 0.497 e. The first kappa shape index (κ1) is 49.1. The maximum Gasteiger partial charge on any atom is 0.407 e. The van der Waals surface area contributed by atoms with Crippen molar-refractivity contribution in [2.75, 3.05) is 27.4 Å². The van der Waals surface area contributed by atoms with E-state index in [1.165, 1.54) is 50.5 Å². The number of carbonyl (C=O) groups is 3. The van der Waals surface area contributed by atoms with Crippen LogP contribution >= 0.6 is 0 Å². The van der Waals surface area contributed by atoms with Crippen LogP contribution in [0.5, 0.6) is 11.5 Å². The summed E-state index contributed by atoms with van der Waals surface area (Å²) in [6, 6.07) is 24.9. The molecule has 0 bridgehead atoms. The summed E-state index contributed by atoms with van der Waals surface area (Å²) in [6.07, 6.45) is 13.0. The van der Waals surface area contributed by atoms with Crippen LogP contribution in [0.1, 0.15) is 135 Å². The van der Waals surface area contributed by atoms with Crippen molar-refractivity contribution in [3.05, 3.63) is 107 Å². The fraction of sp³-hybridized carbons (Fsp3) is 0.589. The van der Waals surface area contributed by atoms with Crippen LogP contribution in [0.25, 0.3) is 0 Å². The molecule has 10 heteroatoms. The van der Waals surface area contributed by atoms with Crippen LogP contribution in [0.2, 0.25) is 0 Å². The van der Waals surface area contributed by atoms with Gasteiger partial charge in [-0.3, -0.25) is 9.59 Å². The van der Waals surface area contributed by atoms with Crippen molar-refractivity contribution in [2.24, 2.45) is 46.3 Å². The summed E-state index contributed by atoms with van der Waals surface area (Å²) >= 11 is 0. The second-order valence-electron chi connectivity index (χ2n) is 20.8. The number of hydrogen-bond acceptors (Lipinski definition) is 8. The summed E-state index contributed by atoms with van der Waals surface area (Å²) in [5, 5.41) is 12.2. The zero-order valence-electron chi connectivity index (χ0n) is 40.5. The van der Waals surface area contributed by atoms with Crippen molar-refractivity contribution in [2.45, 2.75) is 136 Å². The molecule has 10 nitrogen and oxygen atoms in total. The molecule has 2 N–H and O–H groups in total. The molecule has 0 spiro atoms. The van der Waals surface area contributed by atoms with Gasteiger partial charge < -0.3 is 34.1 Å². The lowest BCUT2D eigenvalue weighted by atomic mass is 9.47. The lowest BCUT2D eigenvalue weighted by Gasteiger charge is -2.58. The second kappa shape index (κ2) is 21.4. The number of carboxylic acids is 1. The Labute approximate surface area is 393 Å². The van der Waals surface area contributed by atoms with Gasteiger partial charge in [-0.25, -0.2) is 4.79 Å². The molecule has 0 aliphatic heterocycles. The van der Waals surface area contributed by atoms with Gasteiger partial charge in [0.2, 0.25) is 0 Å². The quantitative estimate of drug-likeness (QED) is 0.0646. The second-order valence-corrected chi connectivity index (χ2v) is 20.8. The summed E-state index contributed by atoms with van der Waals surface area (Å²) in [4.78, 5) is 38.2. The van der Waals surface area contributed by atoms with E-state index in [2.05, 4.69) is 46.0 Å². The number of methoxy groups -OCH3 is 2. The highest BCUT2D eigenvalue weighted by atomic mass is 16.6. The van der Waals surface area contributed by atoms with E-state index < -0.39 is 29.7 Å². The predicted molar refractivity (Wildman–Crippen MR) is 256 cm³/mol. The van der Waals surface area contributed by atoms with E-state index in [0.29, 0.717) is 22.8 Å². The maximum atomic E-state index is 13.7. The molecule has 0 radical (unpaired) electrons. The molecule has 9 atom stereocenters. The first-order chi connectivity index (χ1) is 31.7. The Hall–Kier alpha value is -4.83. The number of hydrogen-bond donors (Lipinski definition) is 2. The fourth-order valence-electron chi connectivity index (χ4n) is 13.0. The molecule has 3 fully saturated rings. The molecular weight excluding hydrogens is 831 g/mol. The molecule has 0 saturated heterocycles. The summed E-state index contributed by atoms with van der Waals surface area (Å²) < 4.78 is 30.0. The SMILES string of the molecule is COc1ccc(C(OCC(CNC(=O)OC2CC[C@@]3(C)C(=CCC4C3CC[C@@]3(C)C4CC[C@@H]3[C@H](C)CCCC(C)C)C2)OC(=O)CCC(=O)O)(c2ccccc2)c2ccc(OC)cc2)cc1. The van der Waals surface area contributed by atoms with Crippen molar-refractivity contribution in [3.8, 4) is 11.5 Å². The minimum Gasteiger partial charge on any atom is -0.497 e.